The Morgan fingerprint density at radius 1 is 0.909 bits per heavy atom. The highest BCUT2D eigenvalue weighted by Gasteiger charge is 2.24. The van der Waals surface area contributed by atoms with Crippen LogP contribution in [0.25, 0.3) is 0 Å². The van der Waals surface area contributed by atoms with Crippen molar-refractivity contribution in [2.75, 3.05) is 0 Å². The van der Waals surface area contributed by atoms with Crippen molar-refractivity contribution >= 4 is 7.60 Å². The van der Waals surface area contributed by atoms with E-state index >= 15 is 0 Å². The highest BCUT2D eigenvalue weighted by molar-refractivity contribution is 7.52. The molecule has 4 nitrogen and oxygen atoms in total. The van der Waals surface area contributed by atoms with Gasteiger partial charge in [0.05, 0.1) is 0 Å². The summed E-state index contributed by atoms with van der Waals surface area (Å²) < 4.78 is 10.8. The molecule has 0 fully saturated rings. The summed E-state index contributed by atoms with van der Waals surface area (Å²) in [7, 11) is -4.36. The molecular weight excluding hydrogens is 299 g/mol. The van der Waals surface area contributed by atoms with Crippen LogP contribution in [0.1, 0.15) is 66.2 Å². The van der Waals surface area contributed by atoms with E-state index in [-0.39, 0.29) is 6.42 Å². The first-order valence-corrected chi connectivity index (χ1v) is 9.49. The molecule has 0 aliphatic rings. The summed E-state index contributed by atoms with van der Waals surface area (Å²) in [6.07, 6.45) is 11.1. The van der Waals surface area contributed by atoms with Gasteiger partial charge in [0.2, 0.25) is 0 Å². The molecule has 0 aromatic carbocycles. The van der Waals surface area contributed by atoms with Crippen molar-refractivity contribution in [3.8, 4) is 0 Å². The van der Waals surface area contributed by atoms with Crippen molar-refractivity contribution in [2.45, 2.75) is 72.1 Å². The Morgan fingerprint density at radius 3 is 1.82 bits per heavy atom. The molecule has 0 radical (unpaired) electrons. The van der Waals surface area contributed by atoms with E-state index in [1.165, 1.54) is 16.7 Å². The second-order valence-corrected chi connectivity index (χ2v) is 7.88. The molecule has 0 aromatic rings. The largest absolute Gasteiger partial charge is 0.380 e. The van der Waals surface area contributed by atoms with E-state index in [0.717, 1.165) is 25.7 Å². The molecule has 128 valence electrons. The van der Waals surface area contributed by atoms with Gasteiger partial charge in [-0.25, -0.2) is 0 Å². The van der Waals surface area contributed by atoms with Crippen LogP contribution in [0.5, 0.6) is 0 Å². The van der Waals surface area contributed by atoms with Crippen molar-refractivity contribution in [1.29, 1.82) is 0 Å². The van der Waals surface area contributed by atoms with Gasteiger partial charge < -0.3 is 14.9 Å². The summed E-state index contributed by atoms with van der Waals surface area (Å²) >= 11 is 0. The third-order valence-corrected chi connectivity index (χ3v) is 4.46. The number of hydrogen-bond donors (Lipinski definition) is 3. The van der Waals surface area contributed by atoms with Crippen molar-refractivity contribution in [1.82, 2.24) is 0 Å². The van der Waals surface area contributed by atoms with E-state index in [4.69, 9.17) is 9.79 Å². The van der Waals surface area contributed by atoms with Gasteiger partial charge in [-0.2, -0.15) is 0 Å². The molecule has 22 heavy (non-hydrogen) atoms. The van der Waals surface area contributed by atoms with Gasteiger partial charge in [-0.15, -0.1) is 0 Å². The highest BCUT2D eigenvalue weighted by Crippen LogP contribution is 2.41. The predicted octanol–water partition coefficient (Wildman–Crippen LogP) is 4.68. The third-order valence-electron chi connectivity index (χ3n) is 3.43. The zero-order chi connectivity index (χ0) is 17.2. The van der Waals surface area contributed by atoms with E-state index in [0.29, 0.717) is 6.42 Å². The fourth-order valence-electron chi connectivity index (χ4n) is 1.99. The normalized spacial score (nSPS) is 14.9. The van der Waals surface area contributed by atoms with E-state index in [9.17, 15) is 9.67 Å². The maximum absolute atomic E-state index is 10.8. The smallest absolute Gasteiger partial charge is 0.353 e. The number of allylic oxidation sites excluding steroid dienone is 6. The third kappa shape index (κ3) is 11.9. The van der Waals surface area contributed by atoms with Crippen LogP contribution in [0.15, 0.2) is 34.9 Å². The van der Waals surface area contributed by atoms with Crippen LogP contribution in [0.2, 0.25) is 0 Å². The van der Waals surface area contributed by atoms with Gasteiger partial charge in [0.1, 0.15) is 0 Å². The first-order valence-electron chi connectivity index (χ1n) is 7.81. The molecule has 0 aromatic heterocycles. The monoisotopic (exact) mass is 330 g/mol. The van der Waals surface area contributed by atoms with Crippen molar-refractivity contribution < 1.29 is 19.5 Å². The average Bonchev–Trinajstić information content (AvgIpc) is 2.37. The molecule has 1 atom stereocenters. The van der Waals surface area contributed by atoms with Crippen molar-refractivity contribution in [2.24, 2.45) is 0 Å². The molecule has 0 spiro atoms. The summed E-state index contributed by atoms with van der Waals surface area (Å²) in [6.45, 7) is 8.37. The molecule has 0 bridgehead atoms. The molecule has 0 aliphatic carbocycles. The lowest BCUT2D eigenvalue weighted by atomic mass is 10.1. The summed E-state index contributed by atoms with van der Waals surface area (Å²) in [5.74, 6) is -1.55. The fraction of sp³-hybridized carbons (Fsp3) is 0.647. The lowest BCUT2D eigenvalue weighted by Gasteiger charge is -2.10. The molecule has 0 saturated carbocycles. The first kappa shape index (κ1) is 21.3. The topological polar surface area (TPSA) is 77.8 Å². The molecule has 0 rings (SSSR count). The standard InChI is InChI=1S/C17H31O4P/c1-14(2)8-5-9-15(3)10-6-11-16(4)12-7-13-17(18)22(19,20)21/h8,10,12,17-18H,5-7,9,11,13H2,1-4H3,(H2,19,20,21). The number of rotatable bonds is 10. The Bertz CT molecular complexity index is 453. The Balaban J connectivity index is 4.02. The van der Waals surface area contributed by atoms with Crippen LogP contribution >= 0.6 is 7.60 Å². The Hall–Kier alpha value is -0.670. The number of aliphatic hydroxyl groups is 1. The molecule has 0 saturated heterocycles. The minimum Gasteiger partial charge on any atom is -0.380 e. The molecule has 0 amide bonds. The average molecular weight is 330 g/mol. The van der Waals surface area contributed by atoms with Crippen LogP contribution in [0.4, 0.5) is 0 Å². The molecule has 0 heterocycles. The van der Waals surface area contributed by atoms with Gasteiger partial charge in [-0.05, 0) is 66.2 Å². The zero-order valence-electron chi connectivity index (χ0n) is 14.2. The van der Waals surface area contributed by atoms with E-state index < -0.39 is 13.4 Å². The van der Waals surface area contributed by atoms with Crippen molar-refractivity contribution in [3.63, 3.8) is 0 Å². The SMILES string of the molecule is CC(C)=CCCC(C)=CCCC(C)=CCCC(O)P(=O)(O)O. The summed E-state index contributed by atoms with van der Waals surface area (Å²) in [5, 5.41) is 9.26. The lowest BCUT2D eigenvalue weighted by molar-refractivity contribution is 0.195. The van der Waals surface area contributed by atoms with E-state index in [1.54, 1.807) is 0 Å². The first-order chi connectivity index (χ1) is 10.1. The Morgan fingerprint density at radius 2 is 1.36 bits per heavy atom. The highest BCUT2D eigenvalue weighted by atomic mass is 31.2. The fourth-order valence-corrected chi connectivity index (χ4v) is 2.47. The van der Waals surface area contributed by atoms with Gasteiger partial charge in [-0.3, -0.25) is 4.57 Å². The Kier molecular flexibility index (Phi) is 10.6. The van der Waals surface area contributed by atoms with Crippen LogP contribution in [0.3, 0.4) is 0 Å². The number of hydrogen-bond acceptors (Lipinski definition) is 2. The molecule has 0 aliphatic heterocycles. The summed E-state index contributed by atoms with van der Waals surface area (Å²) in [4.78, 5) is 17.6. The Labute approximate surface area is 134 Å². The van der Waals surface area contributed by atoms with Gasteiger partial charge in [-0.1, -0.05) is 34.9 Å². The number of aliphatic hydroxyl groups excluding tert-OH is 1. The van der Waals surface area contributed by atoms with E-state index in [2.05, 4.69) is 32.9 Å². The molecule has 3 N–H and O–H groups in total. The predicted molar refractivity (Wildman–Crippen MR) is 92.7 cm³/mol. The molecule has 5 heteroatoms. The summed E-state index contributed by atoms with van der Waals surface area (Å²) in [5.41, 5.74) is 3.93. The quantitative estimate of drug-likeness (QED) is 0.401. The van der Waals surface area contributed by atoms with Crippen LogP contribution in [-0.4, -0.2) is 20.7 Å². The van der Waals surface area contributed by atoms with Crippen LogP contribution in [0, 0.1) is 0 Å². The van der Waals surface area contributed by atoms with Gasteiger partial charge in [0, 0.05) is 0 Å². The van der Waals surface area contributed by atoms with Crippen LogP contribution in [-0.2, 0) is 4.57 Å². The minimum atomic E-state index is -4.36. The van der Waals surface area contributed by atoms with E-state index in [1.807, 2.05) is 13.0 Å². The second-order valence-electron chi connectivity index (χ2n) is 6.11. The van der Waals surface area contributed by atoms with Gasteiger partial charge in [0.15, 0.2) is 5.85 Å². The molecule has 1 unspecified atom stereocenters. The zero-order valence-corrected chi connectivity index (χ0v) is 15.1. The second kappa shape index (κ2) is 11.0. The van der Waals surface area contributed by atoms with Crippen LogP contribution < -0.4 is 0 Å². The van der Waals surface area contributed by atoms with Crippen molar-refractivity contribution in [3.05, 3.63) is 34.9 Å². The lowest BCUT2D eigenvalue weighted by Crippen LogP contribution is -2.05. The summed E-state index contributed by atoms with van der Waals surface area (Å²) in [6, 6.07) is 0. The van der Waals surface area contributed by atoms with Gasteiger partial charge >= 0.3 is 7.60 Å². The van der Waals surface area contributed by atoms with Gasteiger partial charge in [0.25, 0.3) is 0 Å². The maximum Gasteiger partial charge on any atom is 0.353 e. The maximum atomic E-state index is 10.8. The minimum absolute atomic E-state index is 0.0964. The molecular formula is C17H31O4P.